The SMILES string of the molecule is CNC(=O)Oc1cccc2c1OC(C)(C)C2OC(=O)NC. The molecule has 1 unspecified atom stereocenters. The normalized spacial score (nSPS) is 18.2. The number of carbonyl (C=O) groups excluding carboxylic acids is 2. The maximum atomic E-state index is 11.5. The standard InChI is InChI=1S/C14H18N2O5/c1-14(2)11(20-13(18)16-4)8-6-5-7-9(10(8)21-14)19-12(17)15-3/h5-7,11H,1-4H3,(H,15,17)(H,16,18). The Balaban J connectivity index is 2.36. The Kier molecular flexibility index (Phi) is 3.93. The molecule has 114 valence electrons. The molecule has 0 radical (unpaired) electrons. The monoisotopic (exact) mass is 294 g/mol. The number of rotatable bonds is 2. The number of fused-ring (bicyclic) bond motifs is 1. The molecule has 2 rings (SSSR count). The summed E-state index contributed by atoms with van der Waals surface area (Å²) in [7, 11) is 2.95. The third-order valence-corrected chi connectivity index (χ3v) is 3.12. The van der Waals surface area contributed by atoms with Crippen molar-refractivity contribution in [1.29, 1.82) is 0 Å². The first-order chi connectivity index (χ1) is 9.89. The lowest BCUT2D eigenvalue weighted by Crippen LogP contribution is -2.35. The Bertz CT molecular complexity index is 570. The van der Waals surface area contributed by atoms with Gasteiger partial charge in [0.25, 0.3) is 0 Å². The van der Waals surface area contributed by atoms with Crippen LogP contribution in [0.4, 0.5) is 9.59 Å². The molecule has 1 aliphatic heterocycles. The quantitative estimate of drug-likeness (QED) is 0.871. The molecule has 1 atom stereocenters. The van der Waals surface area contributed by atoms with Gasteiger partial charge in [0.2, 0.25) is 0 Å². The largest absolute Gasteiger partial charge is 0.479 e. The van der Waals surface area contributed by atoms with Crippen LogP contribution in [0.25, 0.3) is 0 Å². The molecule has 0 saturated heterocycles. The first-order valence-electron chi connectivity index (χ1n) is 6.49. The van der Waals surface area contributed by atoms with Crippen LogP contribution in [0.5, 0.6) is 11.5 Å². The Morgan fingerprint density at radius 2 is 1.86 bits per heavy atom. The number of para-hydroxylation sites is 1. The topological polar surface area (TPSA) is 85.9 Å². The van der Waals surface area contributed by atoms with Gasteiger partial charge in [-0.3, -0.25) is 0 Å². The van der Waals surface area contributed by atoms with Gasteiger partial charge >= 0.3 is 12.2 Å². The van der Waals surface area contributed by atoms with Crippen molar-refractivity contribution in [3.05, 3.63) is 23.8 Å². The van der Waals surface area contributed by atoms with Crippen LogP contribution in [0, 0.1) is 0 Å². The van der Waals surface area contributed by atoms with E-state index in [1.165, 1.54) is 14.1 Å². The fraction of sp³-hybridized carbons (Fsp3) is 0.429. The number of benzene rings is 1. The predicted molar refractivity (Wildman–Crippen MR) is 74.5 cm³/mol. The van der Waals surface area contributed by atoms with Crippen molar-refractivity contribution in [2.24, 2.45) is 0 Å². The Labute approximate surface area is 122 Å². The van der Waals surface area contributed by atoms with Gasteiger partial charge in [-0.1, -0.05) is 12.1 Å². The van der Waals surface area contributed by atoms with E-state index in [0.717, 1.165) is 0 Å². The number of carbonyl (C=O) groups is 2. The third kappa shape index (κ3) is 2.86. The average Bonchev–Trinajstić information content (AvgIpc) is 2.71. The minimum atomic E-state index is -0.767. The second kappa shape index (κ2) is 5.51. The number of amides is 2. The molecule has 1 aliphatic rings. The lowest BCUT2D eigenvalue weighted by molar-refractivity contribution is -0.0131. The summed E-state index contributed by atoms with van der Waals surface area (Å²) in [5.41, 5.74) is -0.109. The number of ether oxygens (including phenoxy) is 3. The molecule has 21 heavy (non-hydrogen) atoms. The van der Waals surface area contributed by atoms with Gasteiger partial charge in [0, 0.05) is 19.7 Å². The molecule has 7 heteroatoms. The van der Waals surface area contributed by atoms with E-state index in [0.29, 0.717) is 11.3 Å². The molecule has 0 fully saturated rings. The highest BCUT2D eigenvalue weighted by Gasteiger charge is 2.45. The number of nitrogens with one attached hydrogen (secondary N) is 2. The lowest BCUT2D eigenvalue weighted by atomic mass is 9.97. The molecule has 0 spiro atoms. The fourth-order valence-electron chi connectivity index (χ4n) is 2.14. The molecular formula is C14H18N2O5. The van der Waals surface area contributed by atoms with Gasteiger partial charge < -0.3 is 24.8 Å². The summed E-state index contributed by atoms with van der Waals surface area (Å²) in [6.45, 7) is 3.59. The molecule has 0 saturated carbocycles. The molecule has 1 aromatic carbocycles. The van der Waals surface area contributed by atoms with Crippen molar-refractivity contribution >= 4 is 12.2 Å². The Morgan fingerprint density at radius 1 is 1.19 bits per heavy atom. The van der Waals surface area contributed by atoms with Gasteiger partial charge in [-0.15, -0.1) is 0 Å². The molecule has 2 N–H and O–H groups in total. The highest BCUT2D eigenvalue weighted by Crippen LogP contribution is 2.49. The molecule has 0 aromatic heterocycles. The first-order valence-corrected chi connectivity index (χ1v) is 6.49. The van der Waals surface area contributed by atoms with Gasteiger partial charge in [-0.05, 0) is 19.9 Å². The van der Waals surface area contributed by atoms with Gasteiger partial charge in [0.05, 0.1) is 0 Å². The maximum absolute atomic E-state index is 11.5. The maximum Gasteiger partial charge on any atom is 0.412 e. The highest BCUT2D eigenvalue weighted by atomic mass is 16.6. The van der Waals surface area contributed by atoms with Crippen LogP contribution in [0.2, 0.25) is 0 Å². The summed E-state index contributed by atoms with van der Waals surface area (Å²) < 4.78 is 16.3. The van der Waals surface area contributed by atoms with Crippen molar-refractivity contribution in [1.82, 2.24) is 10.6 Å². The molecule has 1 aromatic rings. The first kappa shape index (κ1) is 15.0. The summed E-state index contributed by atoms with van der Waals surface area (Å²) >= 11 is 0. The van der Waals surface area contributed by atoms with E-state index in [-0.39, 0.29) is 5.75 Å². The van der Waals surface area contributed by atoms with Crippen LogP contribution in [-0.2, 0) is 4.74 Å². The van der Waals surface area contributed by atoms with Gasteiger partial charge in [-0.25, -0.2) is 9.59 Å². The zero-order valence-corrected chi connectivity index (χ0v) is 12.4. The molecule has 0 aliphatic carbocycles. The van der Waals surface area contributed by atoms with Crippen molar-refractivity contribution < 1.29 is 23.8 Å². The van der Waals surface area contributed by atoms with Gasteiger partial charge in [0.1, 0.15) is 5.60 Å². The van der Waals surface area contributed by atoms with E-state index < -0.39 is 23.9 Å². The van der Waals surface area contributed by atoms with E-state index in [4.69, 9.17) is 14.2 Å². The Hall–Kier alpha value is -2.44. The van der Waals surface area contributed by atoms with Crippen molar-refractivity contribution in [2.75, 3.05) is 14.1 Å². The third-order valence-electron chi connectivity index (χ3n) is 3.12. The van der Waals surface area contributed by atoms with Crippen LogP contribution in [0.1, 0.15) is 25.5 Å². The van der Waals surface area contributed by atoms with E-state index >= 15 is 0 Å². The van der Waals surface area contributed by atoms with E-state index in [1.54, 1.807) is 32.0 Å². The number of hydrogen-bond acceptors (Lipinski definition) is 5. The molecular weight excluding hydrogens is 276 g/mol. The van der Waals surface area contributed by atoms with E-state index in [1.807, 2.05) is 0 Å². The summed E-state index contributed by atoms with van der Waals surface area (Å²) in [5, 5.41) is 4.77. The van der Waals surface area contributed by atoms with Crippen LogP contribution < -0.4 is 20.1 Å². The van der Waals surface area contributed by atoms with Crippen molar-refractivity contribution in [2.45, 2.75) is 25.6 Å². The van der Waals surface area contributed by atoms with Crippen LogP contribution in [0.3, 0.4) is 0 Å². The minimum Gasteiger partial charge on any atom is -0.479 e. The summed E-state index contributed by atoms with van der Waals surface area (Å²) in [4.78, 5) is 22.9. The summed E-state index contributed by atoms with van der Waals surface area (Å²) in [5.74, 6) is 0.683. The van der Waals surface area contributed by atoms with E-state index in [2.05, 4.69) is 10.6 Å². The van der Waals surface area contributed by atoms with E-state index in [9.17, 15) is 9.59 Å². The summed E-state index contributed by atoms with van der Waals surface area (Å²) in [6, 6.07) is 5.10. The average molecular weight is 294 g/mol. The lowest BCUT2D eigenvalue weighted by Gasteiger charge is -2.25. The molecule has 1 heterocycles. The predicted octanol–water partition coefficient (Wildman–Crippen LogP) is 1.97. The second-order valence-electron chi connectivity index (χ2n) is 5.05. The van der Waals surface area contributed by atoms with Crippen LogP contribution in [-0.4, -0.2) is 31.9 Å². The van der Waals surface area contributed by atoms with Crippen molar-refractivity contribution in [3.8, 4) is 11.5 Å². The van der Waals surface area contributed by atoms with Crippen molar-refractivity contribution in [3.63, 3.8) is 0 Å². The van der Waals surface area contributed by atoms with Crippen LogP contribution >= 0.6 is 0 Å². The minimum absolute atomic E-state index is 0.280. The number of hydrogen-bond donors (Lipinski definition) is 2. The fourth-order valence-corrected chi connectivity index (χ4v) is 2.14. The smallest absolute Gasteiger partial charge is 0.412 e. The Morgan fingerprint density at radius 3 is 2.48 bits per heavy atom. The van der Waals surface area contributed by atoms with Crippen LogP contribution in [0.15, 0.2) is 18.2 Å². The highest BCUT2D eigenvalue weighted by molar-refractivity contribution is 5.72. The zero-order chi connectivity index (χ0) is 15.6. The molecule has 2 amide bonds. The van der Waals surface area contributed by atoms with Gasteiger partial charge in [0.15, 0.2) is 17.6 Å². The second-order valence-corrected chi connectivity index (χ2v) is 5.05. The molecule has 0 bridgehead atoms. The number of alkyl carbamates (subject to hydrolysis) is 1. The summed E-state index contributed by atoms with van der Waals surface area (Å²) in [6.07, 6.45) is -1.75. The zero-order valence-electron chi connectivity index (χ0n) is 12.4. The molecule has 7 nitrogen and oxygen atoms in total. The van der Waals surface area contributed by atoms with Gasteiger partial charge in [-0.2, -0.15) is 0 Å².